The highest BCUT2D eigenvalue weighted by atomic mass is 16.5. The first kappa shape index (κ1) is 17.1. The second-order valence-electron chi connectivity index (χ2n) is 10.2. The summed E-state index contributed by atoms with van der Waals surface area (Å²) in [5, 5.41) is 0. The van der Waals surface area contributed by atoms with Crippen LogP contribution in [-0.2, 0) is 9.53 Å². The molecular weight excluding hydrogens is 296 g/mol. The number of Topliss-reactive ketones (excluding diaryl/α,β-unsaturated/α-hetero) is 1. The van der Waals surface area contributed by atoms with Crippen LogP contribution in [0.15, 0.2) is 0 Å². The number of fused-ring (bicyclic) bond motifs is 5. The van der Waals surface area contributed by atoms with Gasteiger partial charge in [-0.15, -0.1) is 0 Å². The molecule has 0 spiro atoms. The summed E-state index contributed by atoms with van der Waals surface area (Å²) < 4.78 is 6.36. The lowest BCUT2D eigenvalue weighted by atomic mass is 9.45. The van der Waals surface area contributed by atoms with Gasteiger partial charge in [-0.2, -0.15) is 0 Å². The summed E-state index contributed by atoms with van der Waals surface area (Å²) in [7, 11) is 0. The Balaban J connectivity index is 1.57. The molecule has 7 atom stereocenters. The molecule has 0 N–H and O–H groups in total. The highest BCUT2D eigenvalue weighted by Gasteiger charge is 2.60. The second kappa shape index (κ2) is 5.83. The SMILES string of the molecule is CC(C)O[C@H]1CC[C@H]2[C@@H]3CC[C@H]4CC(=O)CC[C@]4(C)[C@H]3CC[C@]12C. The zero-order valence-electron chi connectivity index (χ0n) is 16.1. The molecule has 2 heteroatoms. The van der Waals surface area contributed by atoms with Crippen molar-refractivity contribution in [1.82, 2.24) is 0 Å². The minimum absolute atomic E-state index is 0.348. The summed E-state index contributed by atoms with van der Waals surface area (Å²) in [6.45, 7) is 9.45. The van der Waals surface area contributed by atoms with E-state index < -0.39 is 0 Å². The summed E-state index contributed by atoms with van der Waals surface area (Å²) in [4.78, 5) is 12.0. The molecule has 24 heavy (non-hydrogen) atoms. The molecule has 2 nitrogen and oxygen atoms in total. The van der Waals surface area contributed by atoms with Gasteiger partial charge in [-0.05, 0) is 93.3 Å². The first-order valence-corrected chi connectivity index (χ1v) is 10.5. The summed E-state index contributed by atoms with van der Waals surface area (Å²) >= 11 is 0. The van der Waals surface area contributed by atoms with Crippen LogP contribution in [0.25, 0.3) is 0 Å². The van der Waals surface area contributed by atoms with Crippen LogP contribution in [-0.4, -0.2) is 18.0 Å². The molecule has 0 unspecified atom stereocenters. The molecule has 0 aromatic rings. The number of carbonyl (C=O) groups is 1. The third-order valence-electron chi connectivity index (χ3n) is 8.83. The first-order chi connectivity index (χ1) is 11.3. The molecule has 4 rings (SSSR count). The van der Waals surface area contributed by atoms with Crippen molar-refractivity contribution < 1.29 is 9.53 Å². The van der Waals surface area contributed by atoms with Gasteiger partial charge in [-0.25, -0.2) is 0 Å². The molecule has 0 amide bonds. The summed E-state index contributed by atoms with van der Waals surface area (Å²) in [5.74, 6) is 3.81. The molecule has 0 saturated heterocycles. The highest BCUT2D eigenvalue weighted by molar-refractivity contribution is 5.79. The predicted molar refractivity (Wildman–Crippen MR) is 96.7 cm³/mol. The smallest absolute Gasteiger partial charge is 0.133 e. The molecular formula is C22H36O2. The van der Waals surface area contributed by atoms with Crippen LogP contribution in [0.5, 0.6) is 0 Å². The molecule has 0 bridgehead atoms. The third kappa shape index (κ3) is 2.42. The highest BCUT2D eigenvalue weighted by Crippen LogP contribution is 2.66. The standard InChI is InChI=1S/C22H36O2/c1-14(2)24-20-8-7-18-17-6-5-15-13-16(23)9-11-21(15,3)19(17)10-12-22(18,20)4/h14-15,17-20H,5-13H2,1-4H3/t15-,17-,18-,19-,20-,21-,22-/m0/s1. The minimum atomic E-state index is 0.348. The van der Waals surface area contributed by atoms with E-state index in [2.05, 4.69) is 27.7 Å². The van der Waals surface area contributed by atoms with E-state index in [1.54, 1.807) is 0 Å². The minimum Gasteiger partial charge on any atom is -0.375 e. The van der Waals surface area contributed by atoms with Crippen molar-refractivity contribution in [1.29, 1.82) is 0 Å². The van der Waals surface area contributed by atoms with Crippen molar-refractivity contribution in [2.75, 3.05) is 0 Å². The second-order valence-corrected chi connectivity index (χ2v) is 10.2. The van der Waals surface area contributed by atoms with Crippen molar-refractivity contribution >= 4 is 5.78 Å². The van der Waals surface area contributed by atoms with E-state index in [1.807, 2.05) is 0 Å². The quantitative estimate of drug-likeness (QED) is 0.677. The molecule has 0 radical (unpaired) electrons. The molecule has 0 aromatic heterocycles. The number of ether oxygens (including phenoxy) is 1. The number of carbonyl (C=O) groups excluding carboxylic acids is 1. The van der Waals surface area contributed by atoms with Crippen molar-refractivity contribution in [3.8, 4) is 0 Å². The van der Waals surface area contributed by atoms with Crippen LogP contribution in [0.4, 0.5) is 0 Å². The fraction of sp³-hybridized carbons (Fsp3) is 0.955. The van der Waals surface area contributed by atoms with Crippen molar-refractivity contribution in [2.45, 2.75) is 97.7 Å². The Morgan fingerprint density at radius 1 is 0.958 bits per heavy atom. The Bertz CT molecular complexity index is 512. The van der Waals surface area contributed by atoms with Crippen LogP contribution >= 0.6 is 0 Å². The van der Waals surface area contributed by atoms with E-state index in [0.29, 0.717) is 34.7 Å². The predicted octanol–water partition coefficient (Wildman–Crippen LogP) is 5.39. The zero-order chi connectivity index (χ0) is 17.1. The van der Waals surface area contributed by atoms with Crippen LogP contribution in [0.2, 0.25) is 0 Å². The maximum atomic E-state index is 12.0. The average Bonchev–Trinajstić information content (AvgIpc) is 2.84. The normalized spacial score (nSPS) is 51.2. The molecule has 0 aliphatic heterocycles. The Morgan fingerprint density at radius 2 is 1.71 bits per heavy atom. The van der Waals surface area contributed by atoms with E-state index in [1.165, 1.54) is 38.5 Å². The number of hydrogen-bond donors (Lipinski definition) is 0. The molecule has 136 valence electrons. The maximum Gasteiger partial charge on any atom is 0.133 e. The lowest BCUT2D eigenvalue weighted by Crippen LogP contribution is -2.54. The lowest BCUT2D eigenvalue weighted by Gasteiger charge is -2.60. The first-order valence-electron chi connectivity index (χ1n) is 10.5. The Morgan fingerprint density at radius 3 is 2.46 bits per heavy atom. The fourth-order valence-electron chi connectivity index (χ4n) is 7.55. The van der Waals surface area contributed by atoms with Gasteiger partial charge in [0.15, 0.2) is 0 Å². The molecule has 0 aromatic carbocycles. The lowest BCUT2D eigenvalue weighted by molar-refractivity contribution is -0.148. The summed E-state index contributed by atoms with van der Waals surface area (Å²) in [6, 6.07) is 0. The van der Waals surface area contributed by atoms with Crippen LogP contribution in [0, 0.1) is 34.5 Å². The van der Waals surface area contributed by atoms with Gasteiger partial charge in [-0.3, -0.25) is 4.79 Å². The van der Waals surface area contributed by atoms with Gasteiger partial charge in [0.05, 0.1) is 12.2 Å². The third-order valence-corrected chi connectivity index (χ3v) is 8.83. The Labute approximate surface area is 148 Å². The number of hydrogen-bond acceptors (Lipinski definition) is 2. The van der Waals surface area contributed by atoms with Gasteiger partial charge in [0.1, 0.15) is 5.78 Å². The molecule has 4 aliphatic rings. The Hall–Kier alpha value is -0.370. The molecule has 0 heterocycles. The topological polar surface area (TPSA) is 26.3 Å². The van der Waals surface area contributed by atoms with E-state index in [0.717, 1.165) is 37.0 Å². The number of ketones is 1. The van der Waals surface area contributed by atoms with E-state index in [-0.39, 0.29) is 0 Å². The van der Waals surface area contributed by atoms with Gasteiger partial charge in [0, 0.05) is 12.8 Å². The van der Waals surface area contributed by atoms with Gasteiger partial charge >= 0.3 is 0 Å². The van der Waals surface area contributed by atoms with Crippen LogP contribution < -0.4 is 0 Å². The van der Waals surface area contributed by atoms with Crippen LogP contribution in [0.3, 0.4) is 0 Å². The van der Waals surface area contributed by atoms with Crippen molar-refractivity contribution in [3.63, 3.8) is 0 Å². The Kier molecular flexibility index (Phi) is 4.14. The largest absolute Gasteiger partial charge is 0.375 e. The van der Waals surface area contributed by atoms with Crippen molar-refractivity contribution in [2.24, 2.45) is 34.5 Å². The van der Waals surface area contributed by atoms with Gasteiger partial charge in [-0.1, -0.05) is 13.8 Å². The molecule has 4 fully saturated rings. The summed E-state index contributed by atoms with van der Waals surface area (Å²) in [5.41, 5.74) is 0.842. The van der Waals surface area contributed by atoms with E-state index in [9.17, 15) is 4.79 Å². The van der Waals surface area contributed by atoms with Crippen molar-refractivity contribution in [3.05, 3.63) is 0 Å². The maximum absolute atomic E-state index is 12.0. The zero-order valence-corrected chi connectivity index (χ0v) is 16.1. The van der Waals surface area contributed by atoms with E-state index in [4.69, 9.17) is 4.74 Å². The van der Waals surface area contributed by atoms with Crippen LogP contribution in [0.1, 0.15) is 85.5 Å². The monoisotopic (exact) mass is 332 g/mol. The number of rotatable bonds is 2. The van der Waals surface area contributed by atoms with E-state index >= 15 is 0 Å². The van der Waals surface area contributed by atoms with Gasteiger partial charge in [0.2, 0.25) is 0 Å². The van der Waals surface area contributed by atoms with Gasteiger partial charge in [0.25, 0.3) is 0 Å². The van der Waals surface area contributed by atoms with Gasteiger partial charge < -0.3 is 4.74 Å². The fourth-order valence-corrected chi connectivity index (χ4v) is 7.55. The molecule has 4 saturated carbocycles. The summed E-state index contributed by atoms with van der Waals surface area (Å²) in [6.07, 6.45) is 11.7. The average molecular weight is 333 g/mol. The molecule has 4 aliphatic carbocycles.